The second kappa shape index (κ2) is 7.49. The fourth-order valence-electron chi connectivity index (χ4n) is 1.99. The van der Waals surface area contributed by atoms with Crippen molar-refractivity contribution in [2.45, 2.75) is 19.1 Å². The molecule has 1 aromatic carbocycles. The summed E-state index contributed by atoms with van der Waals surface area (Å²) in [6.45, 7) is 1.70. The second-order valence-electron chi connectivity index (χ2n) is 4.52. The van der Waals surface area contributed by atoms with Gasteiger partial charge in [0.1, 0.15) is 6.61 Å². The first kappa shape index (κ1) is 14.3. The number of carbonyl (C=O) groups is 1. The Hall–Kier alpha value is -2.08. The zero-order valence-electron chi connectivity index (χ0n) is 11.1. The standard InChI is InChI=1S/C14H18N2O4/c17-14(18)16-8-6-13(10-16)19-9-7-15-20-11-12-4-2-1-3-5-12/h1-5,7,13H,6,8-11H2,(H,17,18)/b15-7+. The van der Waals surface area contributed by atoms with Gasteiger partial charge in [-0.25, -0.2) is 4.79 Å². The Morgan fingerprint density at radius 2 is 2.25 bits per heavy atom. The molecule has 1 amide bonds. The summed E-state index contributed by atoms with van der Waals surface area (Å²) in [6.07, 6.45) is 1.33. The molecule has 1 heterocycles. The molecule has 1 N–H and O–H groups in total. The summed E-state index contributed by atoms with van der Waals surface area (Å²) in [5.74, 6) is 0. The molecule has 0 aromatic heterocycles. The van der Waals surface area contributed by atoms with E-state index in [1.807, 2.05) is 30.3 Å². The molecule has 0 bridgehead atoms. The summed E-state index contributed by atoms with van der Waals surface area (Å²) in [7, 11) is 0. The van der Waals surface area contributed by atoms with E-state index in [4.69, 9.17) is 14.7 Å². The van der Waals surface area contributed by atoms with Crippen molar-refractivity contribution in [3.63, 3.8) is 0 Å². The number of rotatable bonds is 6. The normalized spacial score (nSPS) is 18.6. The van der Waals surface area contributed by atoms with Crippen LogP contribution in [0.2, 0.25) is 0 Å². The number of ether oxygens (including phenoxy) is 1. The Morgan fingerprint density at radius 1 is 1.45 bits per heavy atom. The molecule has 1 aliphatic rings. The van der Waals surface area contributed by atoms with Crippen LogP contribution in [0.4, 0.5) is 4.79 Å². The van der Waals surface area contributed by atoms with Crippen LogP contribution in [0.15, 0.2) is 35.5 Å². The van der Waals surface area contributed by atoms with Gasteiger partial charge in [-0.3, -0.25) is 0 Å². The average molecular weight is 278 g/mol. The van der Waals surface area contributed by atoms with Gasteiger partial charge in [-0.1, -0.05) is 35.5 Å². The van der Waals surface area contributed by atoms with Crippen molar-refractivity contribution in [3.05, 3.63) is 35.9 Å². The molecule has 6 heteroatoms. The smallest absolute Gasteiger partial charge is 0.407 e. The van der Waals surface area contributed by atoms with Crippen LogP contribution in [0.5, 0.6) is 0 Å². The lowest BCUT2D eigenvalue weighted by Crippen LogP contribution is -2.28. The first-order valence-electron chi connectivity index (χ1n) is 6.53. The van der Waals surface area contributed by atoms with Crippen molar-refractivity contribution in [2.24, 2.45) is 5.16 Å². The third kappa shape index (κ3) is 4.55. The maximum absolute atomic E-state index is 10.7. The molecular formula is C14H18N2O4. The van der Waals surface area contributed by atoms with E-state index in [0.29, 0.717) is 26.3 Å². The molecule has 0 radical (unpaired) electrons. The van der Waals surface area contributed by atoms with Gasteiger partial charge in [0.15, 0.2) is 0 Å². The lowest BCUT2D eigenvalue weighted by atomic mass is 10.2. The van der Waals surface area contributed by atoms with Gasteiger partial charge in [-0.15, -0.1) is 0 Å². The van der Waals surface area contributed by atoms with Crippen molar-refractivity contribution < 1.29 is 19.5 Å². The van der Waals surface area contributed by atoms with Crippen LogP contribution < -0.4 is 0 Å². The van der Waals surface area contributed by atoms with Crippen molar-refractivity contribution in [1.29, 1.82) is 0 Å². The minimum absolute atomic E-state index is 0.0494. The van der Waals surface area contributed by atoms with E-state index in [9.17, 15) is 4.79 Å². The number of hydrogen-bond donors (Lipinski definition) is 1. The number of amides is 1. The number of oxime groups is 1. The zero-order valence-corrected chi connectivity index (χ0v) is 11.1. The largest absolute Gasteiger partial charge is 0.465 e. The minimum Gasteiger partial charge on any atom is -0.465 e. The molecule has 0 saturated carbocycles. The highest BCUT2D eigenvalue weighted by molar-refractivity contribution is 5.65. The lowest BCUT2D eigenvalue weighted by molar-refractivity contribution is 0.0821. The second-order valence-corrected chi connectivity index (χ2v) is 4.52. The van der Waals surface area contributed by atoms with Crippen LogP contribution >= 0.6 is 0 Å². The highest BCUT2D eigenvalue weighted by Crippen LogP contribution is 2.12. The Morgan fingerprint density at radius 3 is 2.95 bits per heavy atom. The van der Waals surface area contributed by atoms with E-state index < -0.39 is 6.09 Å². The van der Waals surface area contributed by atoms with Crippen LogP contribution in [-0.2, 0) is 16.2 Å². The number of likely N-dealkylation sites (tertiary alicyclic amines) is 1. The first-order valence-corrected chi connectivity index (χ1v) is 6.53. The van der Waals surface area contributed by atoms with E-state index in [0.717, 1.165) is 12.0 Å². The molecule has 20 heavy (non-hydrogen) atoms. The Labute approximate surface area is 117 Å². The van der Waals surface area contributed by atoms with E-state index in [2.05, 4.69) is 5.16 Å². The Balaban J connectivity index is 1.57. The van der Waals surface area contributed by atoms with E-state index in [1.54, 1.807) is 6.21 Å². The van der Waals surface area contributed by atoms with Gasteiger partial charge < -0.3 is 19.6 Å². The molecule has 108 valence electrons. The van der Waals surface area contributed by atoms with Gasteiger partial charge in [0.2, 0.25) is 0 Å². The average Bonchev–Trinajstić information content (AvgIpc) is 2.93. The maximum Gasteiger partial charge on any atom is 0.407 e. The molecule has 1 unspecified atom stereocenters. The van der Waals surface area contributed by atoms with Gasteiger partial charge >= 0.3 is 6.09 Å². The molecule has 1 aromatic rings. The van der Waals surface area contributed by atoms with Crippen molar-refractivity contribution in [2.75, 3.05) is 19.7 Å². The Bertz CT molecular complexity index is 450. The number of carboxylic acid groups (broad SMARTS) is 1. The monoisotopic (exact) mass is 278 g/mol. The van der Waals surface area contributed by atoms with Gasteiger partial charge in [0, 0.05) is 6.54 Å². The van der Waals surface area contributed by atoms with Gasteiger partial charge in [0.05, 0.1) is 25.5 Å². The van der Waals surface area contributed by atoms with Crippen molar-refractivity contribution in [3.8, 4) is 0 Å². The van der Waals surface area contributed by atoms with Crippen LogP contribution in [-0.4, -0.2) is 48.1 Å². The quantitative estimate of drug-likeness (QED) is 0.638. The van der Waals surface area contributed by atoms with E-state index >= 15 is 0 Å². The summed E-state index contributed by atoms with van der Waals surface area (Å²) in [5.41, 5.74) is 1.05. The van der Waals surface area contributed by atoms with Crippen LogP contribution in [0.3, 0.4) is 0 Å². The van der Waals surface area contributed by atoms with Gasteiger partial charge in [0.25, 0.3) is 0 Å². The minimum atomic E-state index is -0.893. The van der Waals surface area contributed by atoms with Crippen LogP contribution in [0, 0.1) is 0 Å². The number of nitrogens with zero attached hydrogens (tertiary/aromatic N) is 2. The lowest BCUT2D eigenvalue weighted by Gasteiger charge is -2.11. The Kier molecular flexibility index (Phi) is 5.37. The predicted molar refractivity (Wildman–Crippen MR) is 73.7 cm³/mol. The summed E-state index contributed by atoms with van der Waals surface area (Å²) < 4.78 is 5.50. The molecule has 1 atom stereocenters. The van der Waals surface area contributed by atoms with Crippen LogP contribution in [0.25, 0.3) is 0 Å². The van der Waals surface area contributed by atoms with Gasteiger partial charge in [-0.2, -0.15) is 0 Å². The summed E-state index contributed by atoms with van der Waals surface area (Å²) in [4.78, 5) is 17.2. The SMILES string of the molecule is O=C(O)N1CCC(OC/C=N/OCc2ccccc2)C1. The topological polar surface area (TPSA) is 71.4 Å². The molecule has 2 rings (SSSR count). The molecule has 1 fully saturated rings. The van der Waals surface area contributed by atoms with Crippen LogP contribution in [0.1, 0.15) is 12.0 Å². The third-order valence-electron chi connectivity index (χ3n) is 3.05. The fraction of sp³-hybridized carbons (Fsp3) is 0.429. The summed E-state index contributed by atoms with van der Waals surface area (Å²) in [5, 5.41) is 12.6. The zero-order chi connectivity index (χ0) is 14.2. The molecule has 6 nitrogen and oxygen atoms in total. The van der Waals surface area contributed by atoms with Gasteiger partial charge in [-0.05, 0) is 12.0 Å². The first-order chi connectivity index (χ1) is 9.75. The third-order valence-corrected chi connectivity index (χ3v) is 3.05. The van der Waals surface area contributed by atoms with E-state index in [-0.39, 0.29) is 6.10 Å². The highest BCUT2D eigenvalue weighted by atomic mass is 16.6. The number of hydrogen-bond acceptors (Lipinski definition) is 4. The molecule has 0 spiro atoms. The van der Waals surface area contributed by atoms with E-state index in [1.165, 1.54) is 4.90 Å². The van der Waals surface area contributed by atoms with Crippen molar-refractivity contribution in [1.82, 2.24) is 4.90 Å². The summed E-state index contributed by atoms with van der Waals surface area (Å²) in [6, 6.07) is 9.76. The molecule has 0 aliphatic carbocycles. The number of benzene rings is 1. The molecule has 1 saturated heterocycles. The molecular weight excluding hydrogens is 260 g/mol. The predicted octanol–water partition coefficient (Wildman–Crippen LogP) is 1.96. The fourth-order valence-corrected chi connectivity index (χ4v) is 1.99. The summed E-state index contributed by atoms with van der Waals surface area (Å²) >= 11 is 0. The molecule has 1 aliphatic heterocycles. The highest BCUT2D eigenvalue weighted by Gasteiger charge is 2.25. The van der Waals surface area contributed by atoms with Crippen molar-refractivity contribution >= 4 is 12.3 Å². The maximum atomic E-state index is 10.7.